The van der Waals surface area contributed by atoms with Crippen molar-refractivity contribution in [3.05, 3.63) is 23.8 Å². The molecule has 0 aromatic heterocycles. The van der Waals surface area contributed by atoms with Crippen LogP contribution in [0.15, 0.2) is 18.2 Å². The van der Waals surface area contributed by atoms with Gasteiger partial charge in [0.05, 0.1) is 5.56 Å². The summed E-state index contributed by atoms with van der Waals surface area (Å²) >= 11 is 0. The summed E-state index contributed by atoms with van der Waals surface area (Å²) in [4.78, 5) is 11.9. The van der Waals surface area contributed by atoms with E-state index >= 15 is 0 Å². The zero-order chi connectivity index (χ0) is 12.8. The van der Waals surface area contributed by atoms with Crippen LogP contribution in [0.3, 0.4) is 0 Å². The molecule has 1 aromatic rings. The number of anilines is 2. The zero-order valence-corrected chi connectivity index (χ0v) is 10.7. The molecule has 1 aromatic carbocycles. The van der Waals surface area contributed by atoms with E-state index in [1.807, 2.05) is 13.0 Å². The third kappa shape index (κ3) is 3.98. The molecule has 0 spiro atoms. The number of rotatable bonds is 5. The molecular formula is C13H21N3O. The van der Waals surface area contributed by atoms with Crippen LogP contribution in [0, 0.1) is 5.92 Å². The van der Waals surface area contributed by atoms with Crippen LogP contribution < -0.4 is 16.4 Å². The van der Waals surface area contributed by atoms with Crippen LogP contribution in [0.25, 0.3) is 0 Å². The Labute approximate surface area is 103 Å². The molecule has 0 saturated carbocycles. The van der Waals surface area contributed by atoms with Gasteiger partial charge in [0.15, 0.2) is 0 Å². The van der Waals surface area contributed by atoms with Gasteiger partial charge in [-0.15, -0.1) is 0 Å². The maximum Gasteiger partial charge on any atom is 0.253 e. The summed E-state index contributed by atoms with van der Waals surface area (Å²) in [6.07, 6.45) is 0. The second-order valence-electron chi connectivity index (χ2n) is 4.44. The van der Waals surface area contributed by atoms with Gasteiger partial charge in [0.1, 0.15) is 0 Å². The minimum atomic E-state index is -0.0916. The summed E-state index contributed by atoms with van der Waals surface area (Å²) in [7, 11) is 0. The van der Waals surface area contributed by atoms with Gasteiger partial charge in [0.25, 0.3) is 5.91 Å². The maximum absolute atomic E-state index is 11.9. The Morgan fingerprint density at radius 2 is 2.12 bits per heavy atom. The Bertz CT molecular complexity index is 388. The number of benzene rings is 1. The van der Waals surface area contributed by atoms with Crippen molar-refractivity contribution in [2.24, 2.45) is 5.92 Å². The van der Waals surface area contributed by atoms with Gasteiger partial charge in [-0.1, -0.05) is 13.8 Å². The minimum Gasteiger partial charge on any atom is -0.399 e. The number of hydrogen-bond donors (Lipinski definition) is 3. The first-order valence-corrected chi connectivity index (χ1v) is 5.96. The average Bonchev–Trinajstić information content (AvgIpc) is 2.27. The van der Waals surface area contributed by atoms with Crippen LogP contribution >= 0.6 is 0 Å². The quantitative estimate of drug-likeness (QED) is 0.684. The highest BCUT2D eigenvalue weighted by Crippen LogP contribution is 2.19. The predicted octanol–water partition coefficient (Wildman–Crippen LogP) is 2.09. The SMILES string of the molecule is CCNC(=O)c1cc(N)ccc1NCC(C)C. The molecule has 0 atom stereocenters. The molecule has 0 aliphatic carbocycles. The van der Waals surface area contributed by atoms with Crippen LogP contribution in [0.4, 0.5) is 11.4 Å². The molecule has 94 valence electrons. The molecule has 0 saturated heterocycles. The third-order valence-corrected chi connectivity index (χ3v) is 2.33. The van der Waals surface area contributed by atoms with E-state index in [-0.39, 0.29) is 5.91 Å². The summed E-state index contributed by atoms with van der Waals surface area (Å²) in [6, 6.07) is 5.35. The lowest BCUT2D eigenvalue weighted by Crippen LogP contribution is -2.24. The first-order chi connectivity index (χ1) is 8.04. The lowest BCUT2D eigenvalue weighted by Gasteiger charge is -2.14. The Morgan fingerprint density at radius 3 is 2.71 bits per heavy atom. The summed E-state index contributed by atoms with van der Waals surface area (Å²) in [5.41, 5.74) is 7.74. The standard InChI is InChI=1S/C13H21N3O/c1-4-15-13(17)11-7-10(14)5-6-12(11)16-8-9(2)3/h5-7,9,16H,4,8,14H2,1-3H3,(H,15,17). The Hall–Kier alpha value is -1.71. The molecule has 1 amide bonds. The lowest BCUT2D eigenvalue weighted by molar-refractivity contribution is 0.0956. The Morgan fingerprint density at radius 1 is 1.41 bits per heavy atom. The van der Waals surface area contributed by atoms with E-state index < -0.39 is 0 Å². The third-order valence-electron chi connectivity index (χ3n) is 2.33. The summed E-state index contributed by atoms with van der Waals surface area (Å²) in [5, 5.41) is 6.05. The van der Waals surface area contributed by atoms with Crippen molar-refractivity contribution >= 4 is 17.3 Å². The normalized spacial score (nSPS) is 10.4. The Balaban J connectivity index is 2.91. The van der Waals surface area contributed by atoms with Crippen LogP contribution in [0.1, 0.15) is 31.1 Å². The summed E-state index contributed by atoms with van der Waals surface area (Å²) < 4.78 is 0. The molecule has 4 heteroatoms. The van der Waals surface area contributed by atoms with Crippen molar-refractivity contribution in [2.75, 3.05) is 24.1 Å². The van der Waals surface area contributed by atoms with E-state index in [4.69, 9.17) is 5.73 Å². The second kappa shape index (κ2) is 6.13. The van der Waals surface area contributed by atoms with Crippen molar-refractivity contribution < 1.29 is 4.79 Å². The fourth-order valence-corrected chi connectivity index (χ4v) is 1.47. The highest BCUT2D eigenvalue weighted by Gasteiger charge is 2.11. The number of hydrogen-bond acceptors (Lipinski definition) is 3. The van der Waals surface area contributed by atoms with Crippen molar-refractivity contribution in [3.63, 3.8) is 0 Å². The van der Waals surface area contributed by atoms with Gasteiger partial charge < -0.3 is 16.4 Å². The number of nitrogen functional groups attached to an aromatic ring is 1. The van der Waals surface area contributed by atoms with E-state index in [0.717, 1.165) is 12.2 Å². The topological polar surface area (TPSA) is 67.2 Å². The smallest absolute Gasteiger partial charge is 0.253 e. The number of amides is 1. The minimum absolute atomic E-state index is 0.0916. The van der Waals surface area contributed by atoms with Gasteiger partial charge in [-0.2, -0.15) is 0 Å². The fraction of sp³-hybridized carbons (Fsp3) is 0.462. The van der Waals surface area contributed by atoms with E-state index in [0.29, 0.717) is 23.7 Å². The number of carbonyl (C=O) groups is 1. The fourth-order valence-electron chi connectivity index (χ4n) is 1.47. The Kier molecular flexibility index (Phi) is 4.82. The van der Waals surface area contributed by atoms with Crippen molar-refractivity contribution in [1.29, 1.82) is 0 Å². The van der Waals surface area contributed by atoms with Gasteiger partial charge in [-0.25, -0.2) is 0 Å². The van der Waals surface area contributed by atoms with E-state index in [9.17, 15) is 4.79 Å². The van der Waals surface area contributed by atoms with Gasteiger partial charge in [-0.05, 0) is 31.0 Å². The summed E-state index contributed by atoms with van der Waals surface area (Å²) in [6.45, 7) is 7.57. The van der Waals surface area contributed by atoms with Gasteiger partial charge >= 0.3 is 0 Å². The van der Waals surface area contributed by atoms with Crippen LogP contribution in [0.2, 0.25) is 0 Å². The molecule has 17 heavy (non-hydrogen) atoms. The average molecular weight is 235 g/mol. The van der Waals surface area contributed by atoms with E-state index in [1.54, 1.807) is 12.1 Å². The first kappa shape index (κ1) is 13.4. The first-order valence-electron chi connectivity index (χ1n) is 5.96. The number of carbonyl (C=O) groups excluding carboxylic acids is 1. The number of nitrogens with two attached hydrogens (primary N) is 1. The van der Waals surface area contributed by atoms with Crippen LogP contribution in [-0.2, 0) is 0 Å². The van der Waals surface area contributed by atoms with Crippen molar-refractivity contribution in [1.82, 2.24) is 5.32 Å². The zero-order valence-electron chi connectivity index (χ0n) is 10.7. The molecule has 0 aliphatic heterocycles. The molecule has 1 rings (SSSR count). The molecule has 4 N–H and O–H groups in total. The van der Waals surface area contributed by atoms with Crippen LogP contribution in [-0.4, -0.2) is 19.0 Å². The van der Waals surface area contributed by atoms with Crippen molar-refractivity contribution in [3.8, 4) is 0 Å². The molecule has 0 unspecified atom stereocenters. The van der Waals surface area contributed by atoms with E-state index in [2.05, 4.69) is 24.5 Å². The van der Waals surface area contributed by atoms with E-state index in [1.165, 1.54) is 0 Å². The molecule has 0 fully saturated rings. The highest BCUT2D eigenvalue weighted by molar-refractivity contribution is 6.00. The number of nitrogens with one attached hydrogen (secondary N) is 2. The lowest BCUT2D eigenvalue weighted by atomic mass is 10.1. The molecule has 4 nitrogen and oxygen atoms in total. The molecule has 0 heterocycles. The molecule has 0 bridgehead atoms. The summed E-state index contributed by atoms with van der Waals surface area (Å²) in [5.74, 6) is 0.431. The molecule has 0 aliphatic rings. The van der Waals surface area contributed by atoms with Crippen LogP contribution in [0.5, 0.6) is 0 Å². The van der Waals surface area contributed by atoms with Gasteiger partial charge in [-0.3, -0.25) is 4.79 Å². The largest absolute Gasteiger partial charge is 0.399 e. The second-order valence-corrected chi connectivity index (χ2v) is 4.44. The molecule has 0 radical (unpaired) electrons. The maximum atomic E-state index is 11.9. The highest BCUT2D eigenvalue weighted by atomic mass is 16.1. The molecular weight excluding hydrogens is 214 g/mol. The van der Waals surface area contributed by atoms with Crippen molar-refractivity contribution in [2.45, 2.75) is 20.8 Å². The predicted molar refractivity (Wildman–Crippen MR) is 72.2 cm³/mol. The monoisotopic (exact) mass is 235 g/mol. The van der Waals surface area contributed by atoms with Gasteiger partial charge in [0, 0.05) is 24.5 Å². The van der Waals surface area contributed by atoms with Gasteiger partial charge in [0.2, 0.25) is 0 Å².